The summed E-state index contributed by atoms with van der Waals surface area (Å²) in [5.41, 5.74) is 0.633. The number of likely N-dealkylation sites (tertiary alicyclic amines) is 1. The average molecular weight is 413 g/mol. The molecule has 1 heterocycles. The van der Waals surface area contributed by atoms with Crippen LogP contribution in [0.2, 0.25) is 0 Å². The quantitative estimate of drug-likeness (QED) is 0.800. The topological polar surface area (TPSA) is 49.4 Å². The number of nitrogens with zero attached hydrogens (tertiary/aromatic N) is 1. The third kappa shape index (κ3) is 3.88. The molecule has 6 rings (SSSR count). The largest absolute Gasteiger partial charge is 0.356 e. The van der Waals surface area contributed by atoms with Crippen LogP contribution in [0.5, 0.6) is 0 Å². The first-order valence-corrected chi connectivity index (χ1v) is 11.9. The molecule has 162 valence electrons. The van der Waals surface area contributed by atoms with Crippen LogP contribution < -0.4 is 5.32 Å². The summed E-state index contributed by atoms with van der Waals surface area (Å²) in [7, 11) is 0. The molecule has 1 N–H and O–H groups in total. The zero-order valence-corrected chi connectivity index (χ0v) is 17.7. The van der Waals surface area contributed by atoms with Crippen molar-refractivity contribution >= 4 is 11.8 Å². The summed E-state index contributed by atoms with van der Waals surface area (Å²) in [5, 5.41) is 2.97. The maximum atomic E-state index is 13.7. The molecular weight excluding hydrogens is 379 g/mol. The van der Waals surface area contributed by atoms with Crippen LogP contribution in [0.4, 0.5) is 4.39 Å². The van der Waals surface area contributed by atoms with Crippen molar-refractivity contribution in [3.8, 4) is 0 Å². The van der Waals surface area contributed by atoms with Gasteiger partial charge in [-0.05, 0) is 86.7 Å². The maximum Gasteiger partial charge on any atom is 0.226 e. The van der Waals surface area contributed by atoms with Crippen molar-refractivity contribution in [3.63, 3.8) is 0 Å². The number of nitrogens with one attached hydrogen (secondary N) is 1. The molecule has 1 saturated heterocycles. The molecule has 2 amide bonds. The minimum absolute atomic E-state index is 0.0341. The first-order chi connectivity index (χ1) is 14.6. The van der Waals surface area contributed by atoms with Crippen LogP contribution >= 0.6 is 0 Å². The van der Waals surface area contributed by atoms with Crippen LogP contribution in [-0.2, 0) is 16.0 Å². The lowest BCUT2D eigenvalue weighted by Gasteiger charge is -2.54. The van der Waals surface area contributed by atoms with Gasteiger partial charge in [0.15, 0.2) is 0 Å². The highest BCUT2D eigenvalue weighted by molar-refractivity contribution is 5.81. The van der Waals surface area contributed by atoms with Gasteiger partial charge in [0.1, 0.15) is 5.82 Å². The molecular formula is C25H33FN2O2. The first-order valence-electron chi connectivity index (χ1n) is 11.9. The molecule has 5 aliphatic rings. The van der Waals surface area contributed by atoms with Crippen molar-refractivity contribution in [2.75, 3.05) is 19.6 Å². The predicted octanol–water partition coefficient (Wildman–Crippen LogP) is 3.80. The lowest BCUT2D eigenvalue weighted by molar-refractivity contribution is -0.151. The van der Waals surface area contributed by atoms with Gasteiger partial charge < -0.3 is 10.2 Å². The standard InChI is InChI=1S/C25H33FN2O2/c26-22-4-2-1-3-18(22)5-8-27-24(29)19-6-9-28(10-7-19)25(30)23-20-12-16-11-17(14-20)15-21(23)13-16/h1-4,16-17,19-21,23H,5-15H2,(H,27,29). The number of piperidine rings is 1. The zero-order valence-electron chi connectivity index (χ0n) is 17.7. The number of amides is 2. The SMILES string of the molecule is O=C(NCCc1ccccc1F)C1CCN(C(=O)C2C3CC4CC(C3)CC2C4)CC1. The smallest absolute Gasteiger partial charge is 0.226 e. The van der Waals surface area contributed by atoms with Gasteiger partial charge in [-0.25, -0.2) is 4.39 Å². The average Bonchev–Trinajstić information content (AvgIpc) is 2.74. The highest BCUT2D eigenvalue weighted by Crippen LogP contribution is 2.57. The minimum Gasteiger partial charge on any atom is -0.356 e. The molecule has 5 fully saturated rings. The minimum atomic E-state index is -0.219. The highest BCUT2D eigenvalue weighted by Gasteiger charge is 2.51. The summed E-state index contributed by atoms with van der Waals surface area (Å²) in [6, 6.07) is 6.70. The summed E-state index contributed by atoms with van der Waals surface area (Å²) in [4.78, 5) is 27.9. The molecule has 0 unspecified atom stereocenters. The Morgan fingerprint density at radius 1 is 0.967 bits per heavy atom. The Labute approximate surface area is 178 Å². The van der Waals surface area contributed by atoms with E-state index < -0.39 is 0 Å². The fourth-order valence-electron chi connectivity index (χ4n) is 7.07. The first kappa shape index (κ1) is 20.0. The Bertz CT molecular complexity index is 774. The van der Waals surface area contributed by atoms with Gasteiger partial charge in [0.05, 0.1) is 0 Å². The molecule has 4 bridgehead atoms. The molecule has 5 heteroatoms. The number of carbonyl (C=O) groups is 2. The Kier molecular flexibility index (Phi) is 5.55. The molecule has 0 aromatic heterocycles. The zero-order chi connectivity index (χ0) is 20.7. The summed E-state index contributed by atoms with van der Waals surface area (Å²) >= 11 is 0. The van der Waals surface area contributed by atoms with Crippen molar-refractivity contribution < 1.29 is 14.0 Å². The predicted molar refractivity (Wildman–Crippen MR) is 113 cm³/mol. The fraction of sp³-hybridized carbons (Fsp3) is 0.680. The number of rotatable bonds is 5. The number of carbonyl (C=O) groups excluding carboxylic acids is 2. The molecule has 1 aromatic carbocycles. The maximum absolute atomic E-state index is 13.7. The Hall–Kier alpha value is -1.91. The van der Waals surface area contributed by atoms with E-state index in [2.05, 4.69) is 10.2 Å². The summed E-state index contributed by atoms with van der Waals surface area (Å²) < 4.78 is 13.7. The lowest BCUT2D eigenvalue weighted by atomic mass is 9.51. The summed E-state index contributed by atoms with van der Waals surface area (Å²) in [6.07, 6.45) is 8.46. The lowest BCUT2D eigenvalue weighted by Crippen LogP contribution is -2.53. The second-order valence-corrected chi connectivity index (χ2v) is 10.2. The summed E-state index contributed by atoms with van der Waals surface area (Å²) in [6.45, 7) is 1.85. The molecule has 4 aliphatic carbocycles. The van der Waals surface area contributed by atoms with E-state index >= 15 is 0 Å². The van der Waals surface area contributed by atoms with Crippen molar-refractivity contribution in [1.29, 1.82) is 0 Å². The van der Waals surface area contributed by atoms with Gasteiger partial charge in [-0.15, -0.1) is 0 Å². The van der Waals surface area contributed by atoms with Gasteiger partial charge in [-0.2, -0.15) is 0 Å². The van der Waals surface area contributed by atoms with Gasteiger partial charge in [-0.3, -0.25) is 9.59 Å². The van der Waals surface area contributed by atoms with E-state index in [1.165, 1.54) is 38.2 Å². The van der Waals surface area contributed by atoms with Crippen LogP contribution in [-0.4, -0.2) is 36.3 Å². The van der Waals surface area contributed by atoms with E-state index in [-0.39, 0.29) is 23.6 Å². The van der Waals surface area contributed by atoms with E-state index in [1.54, 1.807) is 12.1 Å². The molecule has 4 saturated carbocycles. The summed E-state index contributed by atoms with van der Waals surface area (Å²) in [5.74, 6) is 3.43. The second kappa shape index (κ2) is 8.32. The number of benzene rings is 1. The van der Waals surface area contributed by atoms with Crippen molar-refractivity contribution in [3.05, 3.63) is 35.6 Å². The molecule has 0 radical (unpaired) electrons. The Balaban J connectivity index is 1.09. The van der Waals surface area contributed by atoms with Crippen LogP contribution in [0.25, 0.3) is 0 Å². The van der Waals surface area contributed by atoms with Gasteiger partial charge >= 0.3 is 0 Å². The van der Waals surface area contributed by atoms with Crippen LogP contribution in [0.15, 0.2) is 24.3 Å². The third-order valence-corrected chi connectivity index (χ3v) is 8.34. The van der Waals surface area contributed by atoms with E-state index in [9.17, 15) is 14.0 Å². The second-order valence-electron chi connectivity index (χ2n) is 10.2. The van der Waals surface area contributed by atoms with Gasteiger partial charge in [0.2, 0.25) is 11.8 Å². The Morgan fingerprint density at radius 2 is 1.60 bits per heavy atom. The van der Waals surface area contributed by atoms with Crippen molar-refractivity contribution in [1.82, 2.24) is 10.2 Å². The fourth-order valence-corrected chi connectivity index (χ4v) is 7.07. The van der Waals surface area contributed by atoms with Gasteiger partial charge in [0.25, 0.3) is 0 Å². The molecule has 0 atom stereocenters. The molecule has 4 nitrogen and oxygen atoms in total. The van der Waals surface area contributed by atoms with Crippen LogP contribution in [0, 0.1) is 41.3 Å². The molecule has 1 aromatic rings. The van der Waals surface area contributed by atoms with Gasteiger partial charge in [0, 0.05) is 31.5 Å². The van der Waals surface area contributed by atoms with E-state index in [1.807, 2.05) is 6.07 Å². The van der Waals surface area contributed by atoms with Crippen molar-refractivity contribution in [2.45, 2.75) is 51.4 Å². The Morgan fingerprint density at radius 3 is 2.23 bits per heavy atom. The van der Waals surface area contributed by atoms with Crippen LogP contribution in [0.3, 0.4) is 0 Å². The normalized spacial score (nSPS) is 33.0. The number of hydrogen-bond donors (Lipinski definition) is 1. The van der Waals surface area contributed by atoms with E-state index in [0.29, 0.717) is 49.4 Å². The van der Waals surface area contributed by atoms with E-state index in [0.717, 1.165) is 24.7 Å². The number of halogens is 1. The molecule has 0 spiro atoms. The highest BCUT2D eigenvalue weighted by atomic mass is 19.1. The molecule has 30 heavy (non-hydrogen) atoms. The van der Waals surface area contributed by atoms with Crippen molar-refractivity contribution in [2.24, 2.45) is 35.5 Å². The van der Waals surface area contributed by atoms with Gasteiger partial charge in [-0.1, -0.05) is 18.2 Å². The molecule has 1 aliphatic heterocycles. The third-order valence-electron chi connectivity index (χ3n) is 8.34. The van der Waals surface area contributed by atoms with Crippen LogP contribution in [0.1, 0.15) is 50.5 Å². The monoisotopic (exact) mass is 412 g/mol. The number of hydrogen-bond acceptors (Lipinski definition) is 2. The van der Waals surface area contributed by atoms with E-state index in [4.69, 9.17) is 0 Å².